The second kappa shape index (κ2) is 4.66. The second-order valence-corrected chi connectivity index (χ2v) is 4.01. The third-order valence-electron chi connectivity index (χ3n) is 2.96. The first-order valence-electron chi connectivity index (χ1n) is 5.03. The Kier molecular flexibility index (Phi) is 3.80. The molecule has 1 heteroatoms. The highest BCUT2D eigenvalue weighted by Gasteiger charge is 2.28. The monoisotopic (exact) mass is 168 g/mol. The zero-order chi connectivity index (χ0) is 8.97. The van der Waals surface area contributed by atoms with Gasteiger partial charge in [0.15, 0.2) is 0 Å². The average molecular weight is 168 g/mol. The van der Waals surface area contributed by atoms with Crippen molar-refractivity contribution in [2.75, 3.05) is 0 Å². The topological polar surface area (TPSA) is 20.2 Å². The summed E-state index contributed by atoms with van der Waals surface area (Å²) >= 11 is 0. The Morgan fingerprint density at radius 1 is 1.42 bits per heavy atom. The summed E-state index contributed by atoms with van der Waals surface area (Å²) in [5, 5.41) is 9.41. The standard InChI is InChI=1S/C11H20O/c1-3-4-5-6-10-8-11(12)7-9(10)2/h3-4,9-12H,5-8H2,1-2H3/b4-3-. The summed E-state index contributed by atoms with van der Waals surface area (Å²) in [6.45, 7) is 4.32. The van der Waals surface area contributed by atoms with E-state index in [1.54, 1.807) is 0 Å². The molecule has 0 amide bonds. The summed E-state index contributed by atoms with van der Waals surface area (Å²) in [4.78, 5) is 0. The van der Waals surface area contributed by atoms with E-state index < -0.39 is 0 Å². The Balaban J connectivity index is 2.23. The Labute approximate surface area is 75.5 Å². The molecule has 0 radical (unpaired) electrons. The molecule has 1 N–H and O–H groups in total. The van der Waals surface area contributed by atoms with Crippen molar-refractivity contribution in [2.24, 2.45) is 11.8 Å². The zero-order valence-electron chi connectivity index (χ0n) is 8.16. The van der Waals surface area contributed by atoms with Crippen LogP contribution >= 0.6 is 0 Å². The smallest absolute Gasteiger partial charge is 0.0545 e. The summed E-state index contributed by atoms with van der Waals surface area (Å²) in [6.07, 6.45) is 8.78. The molecule has 0 bridgehead atoms. The average Bonchev–Trinajstić information content (AvgIpc) is 2.31. The van der Waals surface area contributed by atoms with E-state index in [0.29, 0.717) is 0 Å². The quantitative estimate of drug-likeness (QED) is 0.642. The molecular weight excluding hydrogens is 148 g/mol. The lowest BCUT2D eigenvalue weighted by Crippen LogP contribution is -2.02. The summed E-state index contributed by atoms with van der Waals surface area (Å²) in [7, 11) is 0. The van der Waals surface area contributed by atoms with Gasteiger partial charge in [0, 0.05) is 0 Å². The molecule has 1 fully saturated rings. The van der Waals surface area contributed by atoms with E-state index in [-0.39, 0.29) is 6.10 Å². The van der Waals surface area contributed by atoms with E-state index >= 15 is 0 Å². The molecule has 0 aromatic heterocycles. The molecule has 0 heterocycles. The van der Waals surface area contributed by atoms with Gasteiger partial charge in [-0.15, -0.1) is 0 Å². The van der Waals surface area contributed by atoms with Crippen LogP contribution in [0.3, 0.4) is 0 Å². The molecule has 70 valence electrons. The van der Waals surface area contributed by atoms with Gasteiger partial charge in [-0.2, -0.15) is 0 Å². The van der Waals surface area contributed by atoms with Crippen LogP contribution in [-0.4, -0.2) is 11.2 Å². The molecule has 1 aliphatic carbocycles. The number of hydrogen-bond donors (Lipinski definition) is 1. The highest BCUT2D eigenvalue weighted by Crippen LogP contribution is 2.34. The van der Waals surface area contributed by atoms with Gasteiger partial charge in [0.1, 0.15) is 0 Å². The lowest BCUT2D eigenvalue weighted by molar-refractivity contribution is 0.175. The molecule has 0 aromatic carbocycles. The molecule has 3 atom stereocenters. The summed E-state index contributed by atoms with van der Waals surface area (Å²) in [5.41, 5.74) is 0. The van der Waals surface area contributed by atoms with E-state index in [0.717, 1.165) is 24.7 Å². The van der Waals surface area contributed by atoms with Crippen LogP contribution in [0, 0.1) is 11.8 Å². The van der Waals surface area contributed by atoms with Gasteiger partial charge in [-0.25, -0.2) is 0 Å². The van der Waals surface area contributed by atoms with Crippen LogP contribution in [0.5, 0.6) is 0 Å². The number of rotatable bonds is 3. The fraction of sp³-hybridized carbons (Fsp3) is 0.818. The Morgan fingerprint density at radius 3 is 2.67 bits per heavy atom. The van der Waals surface area contributed by atoms with Crippen LogP contribution in [0.1, 0.15) is 39.5 Å². The van der Waals surface area contributed by atoms with Crippen molar-refractivity contribution in [3.63, 3.8) is 0 Å². The van der Waals surface area contributed by atoms with Crippen molar-refractivity contribution in [2.45, 2.75) is 45.6 Å². The molecule has 0 saturated heterocycles. The van der Waals surface area contributed by atoms with Crippen molar-refractivity contribution in [3.8, 4) is 0 Å². The number of aliphatic hydroxyl groups excluding tert-OH is 1. The highest BCUT2D eigenvalue weighted by atomic mass is 16.3. The van der Waals surface area contributed by atoms with Crippen molar-refractivity contribution < 1.29 is 5.11 Å². The van der Waals surface area contributed by atoms with E-state index in [2.05, 4.69) is 26.0 Å². The first kappa shape index (κ1) is 9.79. The summed E-state index contributed by atoms with van der Waals surface area (Å²) < 4.78 is 0. The SMILES string of the molecule is C/C=C\CCC1CC(O)CC1C. The molecule has 12 heavy (non-hydrogen) atoms. The predicted molar refractivity (Wildman–Crippen MR) is 51.9 cm³/mol. The molecular formula is C11H20O. The van der Waals surface area contributed by atoms with Gasteiger partial charge in [0.05, 0.1) is 6.10 Å². The van der Waals surface area contributed by atoms with Gasteiger partial charge in [0.25, 0.3) is 0 Å². The van der Waals surface area contributed by atoms with E-state index in [1.807, 2.05) is 0 Å². The maximum absolute atomic E-state index is 9.41. The third kappa shape index (κ3) is 2.63. The van der Waals surface area contributed by atoms with Crippen molar-refractivity contribution in [3.05, 3.63) is 12.2 Å². The fourth-order valence-electron chi connectivity index (χ4n) is 2.18. The van der Waals surface area contributed by atoms with Crippen molar-refractivity contribution in [1.82, 2.24) is 0 Å². The normalized spacial score (nSPS) is 36.4. The molecule has 3 unspecified atom stereocenters. The number of hydrogen-bond acceptors (Lipinski definition) is 1. The minimum absolute atomic E-state index is 0.0180. The Hall–Kier alpha value is -0.300. The van der Waals surface area contributed by atoms with Crippen LogP contribution < -0.4 is 0 Å². The number of aliphatic hydroxyl groups is 1. The van der Waals surface area contributed by atoms with Crippen LogP contribution in [0.4, 0.5) is 0 Å². The first-order valence-corrected chi connectivity index (χ1v) is 5.03. The van der Waals surface area contributed by atoms with Crippen LogP contribution in [0.2, 0.25) is 0 Å². The van der Waals surface area contributed by atoms with Gasteiger partial charge >= 0.3 is 0 Å². The largest absolute Gasteiger partial charge is 0.393 e. The van der Waals surface area contributed by atoms with E-state index in [4.69, 9.17) is 0 Å². The van der Waals surface area contributed by atoms with Gasteiger partial charge < -0.3 is 5.11 Å². The van der Waals surface area contributed by atoms with Crippen LogP contribution in [0.25, 0.3) is 0 Å². The van der Waals surface area contributed by atoms with Gasteiger partial charge in [0.2, 0.25) is 0 Å². The minimum atomic E-state index is -0.0180. The lowest BCUT2D eigenvalue weighted by Gasteiger charge is -2.12. The van der Waals surface area contributed by atoms with Crippen LogP contribution in [-0.2, 0) is 0 Å². The van der Waals surface area contributed by atoms with Gasteiger partial charge in [-0.3, -0.25) is 0 Å². The van der Waals surface area contributed by atoms with E-state index in [9.17, 15) is 5.11 Å². The Bertz CT molecular complexity index is 151. The maximum atomic E-state index is 9.41. The fourth-order valence-corrected chi connectivity index (χ4v) is 2.18. The van der Waals surface area contributed by atoms with Crippen molar-refractivity contribution in [1.29, 1.82) is 0 Å². The van der Waals surface area contributed by atoms with Gasteiger partial charge in [-0.05, 0) is 44.4 Å². The molecule has 0 aromatic rings. The molecule has 0 spiro atoms. The highest BCUT2D eigenvalue weighted by molar-refractivity contribution is 4.84. The predicted octanol–water partition coefficient (Wildman–Crippen LogP) is 2.75. The third-order valence-corrected chi connectivity index (χ3v) is 2.96. The summed E-state index contributed by atoms with van der Waals surface area (Å²) in [5.74, 6) is 1.49. The molecule has 1 aliphatic rings. The minimum Gasteiger partial charge on any atom is -0.393 e. The number of allylic oxidation sites excluding steroid dienone is 2. The maximum Gasteiger partial charge on any atom is 0.0545 e. The van der Waals surface area contributed by atoms with E-state index in [1.165, 1.54) is 12.8 Å². The molecule has 1 rings (SSSR count). The summed E-state index contributed by atoms with van der Waals surface area (Å²) in [6, 6.07) is 0. The molecule has 0 aliphatic heterocycles. The molecule has 1 nitrogen and oxygen atoms in total. The van der Waals surface area contributed by atoms with Crippen LogP contribution in [0.15, 0.2) is 12.2 Å². The second-order valence-electron chi connectivity index (χ2n) is 4.01. The Morgan fingerprint density at radius 2 is 2.17 bits per heavy atom. The van der Waals surface area contributed by atoms with Crippen molar-refractivity contribution >= 4 is 0 Å². The first-order chi connectivity index (χ1) is 5.74. The molecule has 1 saturated carbocycles. The van der Waals surface area contributed by atoms with Gasteiger partial charge in [-0.1, -0.05) is 19.1 Å². The lowest BCUT2D eigenvalue weighted by atomic mass is 9.93. The zero-order valence-corrected chi connectivity index (χ0v) is 8.16.